The van der Waals surface area contributed by atoms with Crippen LogP contribution in [0.2, 0.25) is 0 Å². The molecule has 0 aromatic heterocycles. The van der Waals surface area contributed by atoms with E-state index in [9.17, 15) is 0 Å². The molecule has 0 N–H and O–H groups in total. The predicted octanol–water partition coefficient (Wildman–Crippen LogP) is 16.4. The lowest BCUT2D eigenvalue weighted by Gasteiger charge is -2.50. The summed E-state index contributed by atoms with van der Waals surface area (Å²) in [6, 6.07) is 64.5. The third-order valence-electron chi connectivity index (χ3n) is 15.2. The molecule has 8 aromatic carbocycles. The zero-order valence-corrected chi connectivity index (χ0v) is 37.6. The van der Waals surface area contributed by atoms with E-state index in [2.05, 4.69) is 230 Å². The SMILES string of the molecule is CC1(C)c2ccccc2N2c3ccc(-c4ccc5c(c4)N(C4=CC=CCC4)c4ccccc4C5)cc3C(C)(C)c3cc(-c4ccc5c(c4)N(c4ccccc4)c4ccccc4C5)cc1c32. The van der Waals surface area contributed by atoms with Crippen LogP contribution in [0.5, 0.6) is 0 Å². The van der Waals surface area contributed by atoms with E-state index >= 15 is 0 Å². The van der Waals surface area contributed by atoms with E-state index in [1.165, 1.54) is 118 Å². The van der Waals surface area contributed by atoms with Crippen LogP contribution in [-0.4, -0.2) is 0 Å². The van der Waals surface area contributed by atoms with Crippen molar-refractivity contribution in [2.75, 3.05) is 14.7 Å². The quantitative estimate of drug-likeness (QED) is 0.175. The monoisotopic (exact) mass is 837 g/mol. The number of anilines is 8. The van der Waals surface area contributed by atoms with Crippen LogP contribution in [0, 0.1) is 0 Å². The average molecular weight is 838 g/mol. The van der Waals surface area contributed by atoms with Crippen LogP contribution in [0.25, 0.3) is 22.3 Å². The second-order valence-corrected chi connectivity index (χ2v) is 19.7. The molecule has 0 unspecified atom stereocenters. The summed E-state index contributed by atoms with van der Waals surface area (Å²) in [5, 5.41) is 0. The maximum atomic E-state index is 2.59. The third kappa shape index (κ3) is 5.67. The largest absolute Gasteiger partial charge is 0.314 e. The number of benzene rings is 8. The zero-order valence-electron chi connectivity index (χ0n) is 37.6. The second kappa shape index (κ2) is 14.1. The van der Waals surface area contributed by atoms with Crippen molar-refractivity contribution in [3.8, 4) is 22.3 Å². The molecule has 5 aliphatic rings. The molecule has 314 valence electrons. The Morgan fingerprint density at radius 2 is 0.892 bits per heavy atom. The molecule has 0 spiro atoms. The Bertz CT molecular complexity index is 3350. The molecular formula is C62H51N3. The van der Waals surface area contributed by atoms with Gasteiger partial charge in [0.1, 0.15) is 0 Å². The van der Waals surface area contributed by atoms with Crippen LogP contribution in [0.4, 0.5) is 45.5 Å². The van der Waals surface area contributed by atoms with Crippen molar-refractivity contribution in [1.29, 1.82) is 0 Å². The standard InChI is InChI=1S/C62H51N3/c1-61(2)50-23-13-16-26-56(50)65-57-32-31-40(41-27-29-45-33-43-17-11-14-24-54(43)63(58(45)38-41)48-19-7-5-8-20-48)35-51(57)62(3,4)53-37-47(36-52(61)60(53)65)42-28-30-46-34-44-18-12-15-25-55(44)64(59(46)39-42)49-21-9-6-10-22-49/h5-7,9-19,21-32,35-39H,8,20,33-34H2,1-4H3. The molecular weight excluding hydrogens is 787 g/mol. The first kappa shape index (κ1) is 38.1. The van der Waals surface area contributed by atoms with Gasteiger partial charge in [0.15, 0.2) is 0 Å². The molecule has 0 fully saturated rings. The van der Waals surface area contributed by atoms with Gasteiger partial charge in [-0.2, -0.15) is 0 Å². The van der Waals surface area contributed by atoms with Crippen LogP contribution >= 0.6 is 0 Å². The van der Waals surface area contributed by atoms with E-state index < -0.39 is 0 Å². The molecule has 0 radical (unpaired) electrons. The van der Waals surface area contributed by atoms with Crippen LogP contribution < -0.4 is 14.7 Å². The Balaban J connectivity index is 0.976. The van der Waals surface area contributed by atoms with Crippen LogP contribution in [-0.2, 0) is 23.7 Å². The molecule has 3 heteroatoms. The summed E-state index contributed by atoms with van der Waals surface area (Å²) in [7, 11) is 0. The Morgan fingerprint density at radius 3 is 1.57 bits per heavy atom. The van der Waals surface area contributed by atoms with E-state index in [4.69, 9.17) is 0 Å². The maximum Gasteiger partial charge on any atom is 0.0544 e. The lowest BCUT2D eigenvalue weighted by atomic mass is 9.65. The summed E-state index contributed by atoms with van der Waals surface area (Å²) < 4.78 is 0. The smallest absolute Gasteiger partial charge is 0.0544 e. The van der Waals surface area contributed by atoms with Crippen molar-refractivity contribution < 1.29 is 0 Å². The van der Waals surface area contributed by atoms with Gasteiger partial charge in [-0.25, -0.2) is 0 Å². The van der Waals surface area contributed by atoms with E-state index in [1.807, 2.05) is 0 Å². The number of allylic oxidation sites excluding steroid dienone is 4. The van der Waals surface area contributed by atoms with Gasteiger partial charge in [0.2, 0.25) is 0 Å². The first-order valence-corrected chi connectivity index (χ1v) is 23.4. The molecule has 13 rings (SSSR count). The van der Waals surface area contributed by atoms with Crippen molar-refractivity contribution in [2.24, 2.45) is 0 Å². The molecule has 0 atom stereocenters. The Labute approximate surface area is 383 Å². The molecule has 0 saturated carbocycles. The molecule has 4 aliphatic heterocycles. The maximum absolute atomic E-state index is 2.59. The fourth-order valence-corrected chi connectivity index (χ4v) is 11.8. The van der Waals surface area contributed by atoms with E-state index in [1.54, 1.807) is 0 Å². The van der Waals surface area contributed by atoms with Crippen molar-refractivity contribution in [2.45, 2.75) is 64.2 Å². The lowest BCUT2D eigenvalue weighted by Crippen LogP contribution is -2.38. The highest BCUT2D eigenvalue weighted by molar-refractivity contribution is 5.96. The normalized spacial score (nSPS) is 16.6. The summed E-state index contributed by atoms with van der Waals surface area (Å²) in [5.41, 5.74) is 26.9. The summed E-state index contributed by atoms with van der Waals surface area (Å²) in [6.07, 6.45) is 10.8. The Kier molecular flexibility index (Phi) is 8.25. The van der Waals surface area contributed by atoms with Crippen LogP contribution in [0.3, 0.4) is 0 Å². The fourth-order valence-electron chi connectivity index (χ4n) is 11.8. The minimum Gasteiger partial charge on any atom is -0.314 e. The highest BCUT2D eigenvalue weighted by atomic mass is 15.2. The lowest BCUT2D eigenvalue weighted by molar-refractivity contribution is 0.598. The highest BCUT2D eigenvalue weighted by Gasteiger charge is 2.46. The Morgan fingerprint density at radius 1 is 0.385 bits per heavy atom. The highest BCUT2D eigenvalue weighted by Crippen LogP contribution is 2.61. The zero-order chi connectivity index (χ0) is 43.6. The molecule has 0 bridgehead atoms. The number of rotatable bonds is 4. The van der Waals surface area contributed by atoms with Crippen molar-refractivity contribution >= 4 is 45.5 Å². The number of nitrogens with zero attached hydrogens (tertiary/aromatic N) is 3. The molecule has 65 heavy (non-hydrogen) atoms. The molecule has 3 nitrogen and oxygen atoms in total. The van der Waals surface area contributed by atoms with Crippen molar-refractivity contribution in [1.82, 2.24) is 0 Å². The summed E-state index contributed by atoms with van der Waals surface area (Å²) in [6.45, 7) is 9.75. The second-order valence-electron chi connectivity index (χ2n) is 19.7. The first-order chi connectivity index (χ1) is 31.7. The number of hydrogen-bond donors (Lipinski definition) is 0. The number of para-hydroxylation sites is 4. The van der Waals surface area contributed by atoms with Gasteiger partial charge >= 0.3 is 0 Å². The van der Waals surface area contributed by atoms with E-state index in [0.717, 1.165) is 25.7 Å². The Hall–Kier alpha value is -7.36. The van der Waals surface area contributed by atoms with E-state index in [0.29, 0.717) is 0 Å². The average Bonchev–Trinajstić information content (AvgIpc) is 3.34. The molecule has 8 aromatic rings. The van der Waals surface area contributed by atoms with Crippen LogP contribution in [0.1, 0.15) is 85.0 Å². The molecule has 0 amide bonds. The van der Waals surface area contributed by atoms with Gasteiger partial charge in [0.25, 0.3) is 0 Å². The summed E-state index contributed by atoms with van der Waals surface area (Å²) in [4.78, 5) is 7.59. The summed E-state index contributed by atoms with van der Waals surface area (Å²) in [5.74, 6) is 0. The van der Waals surface area contributed by atoms with Gasteiger partial charge in [-0.05, 0) is 152 Å². The van der Waals surface area contributed by atoms with Crippen molar-refractivity contribution in [3.05, 3.63) is 238 Å². The van der Waals surface area contributed by atoms with Gasteiger partial charge in [-0.3, -0.25) is 0 Å². The van der Waals surface area contributed by atoms with E-state index in [-0.39, 0.29) is 10.8 Å². The predicted molar refractivity (Wildman–Crippen MR) is 272 cm³/mol. The molecule has 1 aliphatic carbocycles. The van der Waals surface area contributed by atoms with Crippen LogP contribution in [0.15, 0.2) is 194 Å². The number of fused-ring (bicyclic) bond motifs is 8. The minimum atomic E-state index is -0.300. The molecule has 0 saturated heterocycles. The first-order valence-electron chi connectivity index (χ1n) is 23.4. The minimum absolute atomic E-state index is 0.221. The number of hydrogen-bond acceptors (Lipinski definition) is 3. The van der Waals surface area contributed by atoms with Gasteiger partial charge in [0.05, 0.1) is 22.7 Å². The molecule has 4 heterocycles. The van der Waals surface area contributed by atoms with Gasteiger partial charge in [0, 0.05) is 52.1 Å². The van der Waals surface area contributed by atoms with Gasteiger partial charge in [-0.1, -0.05) is 143 Å². The van der Waals surface area contributed by atoms with Crippen molar-refractivity contribution in [3.63, 3.8) is 0 Å². The third-order valence-corrected chi connectivity index (χ3v) is 15.2. The van der Waals surface area contributed by atoms with Gasteiger partial charge < -0.3 is 14.7 Å². The van der Waals surface area contributed by atoms with Gasteiger partial charge in [-0.15, -0.1) is 0 Å². The topological polar surface area (TPSA) is 9.72 Å². The fraction of sp³-hybridized carbons (Fsp3) is 0.161. The summed E-state index contributed by atoms with van der Waals surface area (Å²) >= 11 is 0.